The third-order valence-electron chi connectivity index (χ3n) is 2.96. The molecular formula is C15H19N4+. The van der Waals surface area contributed by atoms with E-state index >= 15 is 0 Å². The largest absolute Gasteiger partial charge is 0.345 e. The molecule has 1 aromatic heterocycles. The number of aromatic nitrogens is 2. The summed E-state index contributed by atoms with van der Waals surface area (Å²) in [5.74, 6) is 1.51. The predicted octanol–water partition coefficient (Wildman–Crippen LogP) is 2.30. The SMILES string of the molecule is C=CC[n+]1c(N(CC)c2ccccc2)ccnc1N. The highest BCUT2D eigenvalue weighted by Crippen LogP contribution is 2.21. The van der Waals surface area contributed by atoms with Gasteiger partial charge < -0.3 is 5.73 Å². The van der Waals surface area contributed by atoms with Crippen molar-refractivity contribution in [2.75, 3.05) is 17.2 Å². The number of hydrogen-bond acceptors (Lipinski definition) is 3. The van der Waals surface area contributed by atoms with Crippen molar-refractivity contribution in [3.8, 4) is 0 Å². The molecule has 1 heterocycles. The molecule has 4 heteroatoms. The molecule has 98 valence electrons. The van der Waals surface area contributed by atoms with Crippen molar-refractivity contribution in [1.82, 2.24) is 4.98 Å². The minimum absolute atomic E-state index is 0.492. The van der Waals surface area contributed by atoms with Crippen LogP contribution in [-0.2, 0) is 6.54 Å². The van der Waals surface area contributed by atoms with Crippen LogP contribution >= 0.6 is 0 Å². The van der Waals surface area contributed by atoms with E-state index in [1.807, 2.05) is 34.9 Å². The average Bonchev–Trinajstić information content (AvgIpc) is 2.44. The summed E-state index contributed by atoms with van der Waals surface area (Å²) in [4.78, 5) is 6.33. The predicted molar refractivity (Wildman–Crippen MR) is 78.2 cm³/mol. The molecule has 2 aromatic rings. The van der Waals surface area contributed by atoms with E-state index in [-0.39, 0.29) is 0 Å². The summed E-state index contributed by atoms with van der Waals surface area (Å²) in [5, 5.41) is 0. The molecule has 0 aliphatic rings. The fraction of sp³-hybridized carbons (Fsp3) is 0.200. The molecule has 1 aromatic carbocycles. The maximum atomic E-state index is 5.96. The van der Waals surface area contributed by atoms with Crippen LogP contribution in [0.5, 0.6) is 0 Å². The molecule has 0 radical (unpaired) electrons. The van der Waals surface area contributed by atoms with Gasteiger partial charge in [-0.2, -0.15) is 0 Å². The van der Waals surface area contributed by atoms with Gasteiger partial charge in [-0.05, 0) is 19.1 Å². The quantitative estimate of drug-likeness (QED) is 0.658. The first-order chi connectivity index (χ1) is 9.27. The molecule has 0 fully saturated rings. The summed E-state index contributed by atoms with van der Waals surface area (Å²) in [6, 6.07) is 12.2. The molecule has 0 aliphatic carbocycles. The summed E-state index contributed by atoms with van der Waals surface area (Å²) in [5.41, 5.74) is 7.09. The van der Waals surface area contributed by atoms with Crippen molar-refractivity contribution in [2.45, 2.75) is 13.5 Å². The van der Waals surface area contributed by atoms with Crippen LogP contribution in [0.2, 0.25) is 0 Å². The van der Waals surface area contributed by atoms with Crippen molar-refractivity contribution in [3.05, 3.63) is 55.3 Å². The fourth-order valence-electron chi connectivity index (χ4n) is 2.09. The second kappa shape index (κ2) is 6.00. The lowest BCUT2D eigenvalue weighted by atomic mass is 10.3. The number of allylic oxidation sites excluding steroid dienone is 1. The number of hydrogen-bond donors (Lipinski definition) is 1. The summed E-state index contributed by atoms with van der Waals surface area (Å²) in [6.07, 6.45) is 3.55. The van der Waals surface area contributed by atoms with E-state index < -0.39 is 0 Å². The number of nitrogens with zero attached hydrogens (tertiary/aromatic N) is 3. The van der Waals surface area contributed by atoms with Gasteiger partial charge in [0.15, 0.2) is 0 Å². The number of para-hydroxylation sites is 1. The smallest absolute Gasteiger partial charge is 0.307 e. The molecule has 0 aliphatic heterocycles. The van der Waals surface area contributed by atoms with Gasteiger partial charge in [-0.15, -0.1) is 11.6 Å². The molecular weight excluding hydrogens is 236 g/mol. The van der Waals surface area contributed by atoms with E-state index in [0.717, 1.165) is 18.1 Å². The Labute approximate surface area is 113 Å². The van der Waals surface area contributed by atoms with Crippen molar-refractivity contribution in [3.63, 3.8) is 0 Å². The molecule has 0 spiro atoms. The van der Waals surface area contributed by atoms with Crippen molar-refractivity contribution >= 4 is 17.5 Å². The van der Waals surface area contributed by atoms with Crippen LogP contribution in [0.3, 0.4) is 0 Å². The summed E-state index contributed by atoms with van der Waals surface area (Å²) in [6.45, 7) is 7.38. The molecule has 2 N–H and O–H groups in total. The number of rotatable bonds is 5. The van der Waals surface area contributed by atoms with Gasteiger partial charge in [0.1, 0.15) is 0 Å². The molecule has 19 heavy (non-hydrogen) atoms. The third-order valence-corrected chi connectivity index (χ3v) is 2.96. The number of nitrogen functional groups attached to an aromatic ring is 1. The Balaban J connectivity index is 2.49. The Bertz CT molecular complexity index is 551. The van der Waals surface area contributed by atoms with E-state index in [0.29, 0.717) is 12.5 Å². The minimum atomic E-state index is 0.492. The molecule has 0 saturated carbocycles. The van der Waals surface area contributed by atoms with Gasteiger partial charge in [0.05, 0.1) is 25.0 Å². The topological polar surface area (TPSA) is 46.0 Å². The monoisotopic (exact) mass is 255 g/mol. The lowest BCUT2D eigenvalue weighted by Gasteiger charge is -2.21. The standard InChI is InChI=1S/C15H18N4/c1-3-12-19-14(10-11-17-15(19)16)18(4-2)13-8-6-5-7-9-13/h3,5-11,16H,1,4,12H2,2H3/p+1. The summed E-state index contributed by atoms with van der Waals surface area (Å²) < 4.78 is 1.95. The van der Waals surface area contributed by atoms with E-state index in [1.165, 1.54) is 0 Å². The summed E-state index contributed by atoms with van der Waals surface area (Å²) >= 11 is 0. The zero-order chi connectivity index (χ0) is 13.7. The first-order valence-corrected chi connectivity index (χ1v) is 6.35. The number of anilines is 3. The first kappa shape index (κ1) is 13.1. The Morgan fingerprint density at radius 2 is 2.05 bits per heavy atom. The zero-order valence-corrected chi connectivity index (χ0v) is 11.2. The van der Waals surface area contributed by atoms with E-state index in [1.54, 1.807) is 6.20 Å². The number of benzene rings is 1. The Morgan fingerprint density at radius 1 is 1.32 bits per heavy atom. The molecule has 0 bridgehead atoms. The van der Waals surface area contributed by atoms with Gasteiger partial charge in [-0.1, -0.05) is 24.3 Å². The van der Waals surface area contributed by atoms with Crippen LogP contribution in [0.25, 0.3) is 0 Å². The summed E-state index contributed by atoms with van der Waals surface area (Å²) in [7, 11) is 0. The second-order valence-electron chi connectivity index (χ2n) is 4.14. The molecule has 0 unspecified atom stereocenters. The Kier molecular flexibility index (Phi) is 4.13. The Hall–Kier alpha value is -2.36. The van der Waals surface area contributed by atoms with Crippen LogP contribution in [-0.4, -0.2) is 11.5 Å². The minimum Gasteiger partial charge on any atom is -0.307 e. The highest BCUT2D eigenvalue weighted by atomic mass is 15.3. The van der Waals surface area contributed by atoms with Crippen molar-refractivity contribution in [2.24, 2.45) is 0 Å². The van der Waals surface area contributed by atoms with Crippen LogP contribution in [0.4, 0.5) is 17.5 Å². The van der Waals surface area contributed by atoms with Gasteiger partial charge in [-0.3, -0.25) is 4.90 Å². The molecule has 4 nitrogen and oxygen atoms in total. The highest BCUT2D eigenvalue weighted by Gasteiger charge is 2.18. The molecule has 0 atom stereocenters. The van der Waals surface area contributed by atoms with Gasteiger partial charge in [-0.25, -0.2) is 4.57 Å². The number of nitrogens with two attached hydrogens (primary N) is 1. The van der Waals surface area contributed by atoms with E-state index in [2.05, 4.69) is 35.5 Å². The van der Waals surface area contributed by atoms with Gasteiger partial charge in [0, 0.05) is 6.07 Å². The Morgan fingerprint density at radius 3 is 2.68 bits per heavy atom. The maximum absolute atomic E-state index is 5.96. The van der Waals surface area contributed by atoms with Gasteiger partial charge >= 0.3 is 5.95 Å². The van der Waals surface area contributed by atoms with Crippen LogP contribution in [0.1, 0.15) is 6.92 Å². The fourth-order valence-corrected chi connectivity index (χ4v) is 2.09. The molecule has 2 rings (SSSR count). The van der Waals surface area contributed by atoms with Crippen molar-refractivity contribution < 1.29 is 4.57 Å². The highest BCUT2D eigenvalue weighted by molar-refractivity contribution is 5.57. The first-order valence-electron chi connectivity index (χ1n) is 6.35. The van der Waals surface area contributed by atoms with Crippen LogP contribution < -0.4 is 15.2 Å². The van der Waals surface area contributed by atoms with Crippen LogP contribution in [0.15, 0.2) is 55.3 Å². The molecule has 0 amide bonds. The third kappa shape index (κ3) is 2.73. The lowest BCUT2D eigenvalue weighted by Crippen LogP contribution is -2.43. The van der Waals surface area contributed by atoms with Gasteiger partial charge in [0.25, 0.3) is 0 Å². The zero-order valence-electron chi connectivity index (χ0n) is 11.2. The van der Waals surface area contributed by atoms with Crippen LogP contribution in [0, 0.1) is 0 Å². The second-order valence-corrected chi connectivity index (χ2v) is 4.14. The maximum Gasteiger partial charge on any atom is 0.345 e. The van der Waals surface area contributed by atoms with Crippen molar-refractivity contribution in [1.29, 1.82) is 0 Å². The van der Waals surface area contributed by atoms with E-state index in [9.17, 15) is 0 Å². The molecule has 0 saturated heterocycles. The lowest BCUT2D eigenvalue weighted by molar-refractivity contribution is -0.662. The van der Waals surface area contributed by atoms with E-state index in [4.69, 9.17) is 5.73 Å². The average molecular weight is 255 g/mol. The van der Waals surface area contributed by atoms with Gasteiger partial charge in [0.2, 0.25) is 5.82 Å². The normalized spacial score (nSPS) is 10.2.